The van der Waals surface area contributed by atoms with Gasteiger partial charge in [-0.25, -0.2) is 0 Å². The molecule has 0 N–H and O–H groups in total. The Morgan fingerprint density at radius 2 is 2.14 bits per heavy atom. The number of rotatable bonds is 2. The predicted molar refractivity (Wildman–Crippen MR) is 61.9 cm³/mol. The van der Waals surface area contributed by atoms with Crippen LogP contribution in [0.2, 0.25) is 0 Å². The molecule has 1 atom stereocenters. The topological polar surface area (TPSA) is 9.23 Å². The number of ether oxygens (including phenoxy) is 1. The molecule has 0 unspecified atom stereocenters. The summed E-state index contributed by atoms with van der Waals surface area (Å²) in [7, 11) is 1.73. The first-order valence-electron chi connectivity index (χ1n) is 4.71. The van der Waals surface area contributed by atoms with Crippen molar-refractivity contribution in [3.63, 3.8) is 0 Å². The standard InChI is InChI=1S/C12H14OS/c1-12(8-5-9-14-12)10-6-3-4-7-11(10)13-2/h3-8H,9H2,1-2H3/t12-/m0/s1. The molecule has 0 bridgehead atoms. The van der Waals surface area contributed by atoms with E-state index in [4.69, 9.17) is 4.74 Å². The molecule has 1 aromatic rings. The molecule has 14 heavy (non-hydrogen) atoms. The van der Waals surface area contributed by atoms with Gasteiger partial charge in [0.15, 0.2) is 0 Å². The molecular formula is C12H14OS. The van der Waals surface area contributed by atoms with Crippen LogP contribution in [-0.2, 0) is 4.75 Å². The maximum absolute atomic E-state index is 5.38. The third kappa shape index (κ3) is 1.55. The van der Waals surface area contributed by atoms with E-state index < -0.39 is 0 Å². The monoisotopic (exact) mass is 206 g/mol. The summed E-state index contributed by atoms with van der Waals surface area (Å²) in [4.78, 5) is 0. The molecular weight excluding hydrogens is 192 g/mol. The van der Waals surface area contributed by atoms with E-state index in [0.717, 1.165) is 11.5 Å². The Morgan fingerprint density at radius 3 is 2.79 bits per heavy atom. The third-order valence-corrected chi connectivity index (χ3v) is 3.87. The zero-order valence-electron chi connectivity index (χ0n) is 8.49. The molecule has 0 fully saturated rings. The Bertz CT molecular complexity index is 359. The van der Waals surface area contributed by atoms with Crippen molar-refractivity contribution in [3.8, 4) is 5.75 Å². The molecule has 0 saturated heterocycles. The van der Waals surface area contributed by atoms with Gasteiger partial charge < -0.3 is 4.74 Å². The van der Waals surface area contributed by atoms with Gasteiger partial charge >= 0.3 is 0 Å². The molecule has 0 saturated carbocycles. The van der Waals surface area contributed by atoms with Crippen LogP contribution in [0.25, 0.3) is 0 Å². The van der Waals surface area contributed by atoms with Crippen LogP contribution in [-0.4, -0.2) is 12.9 Å². The van der Waals surface area contributed by atoms with Crippen molar-refractivity contribution in [3.05, 3.63) is 42.0 Å². The Morgan fingerprint density at radius 1 is 1.36 bits per heavy atom. The van der Waals surface area contributed by atoms with E-state index in [1.807, 2.05) is 23.9 Å². The fraction of sp³-hybridized carbons (Fsp3) is 0.333. The van der Waals surface area contributed by atoms with Crippen molar-refractivity contribution in [2.75, 3.05) is 12.9 Å². The van der Waals surface area contributed by atoms with Crippen molar-refractivity contribution in [1.29, 1.82) is 0 Å². The maximum atomic E-state index is 5.38. The molecule has 1 aliphatic heterocycles. The van der Waals surface area contributed by atoms with Gasteiger partial charge in [-0.1, -0.05) is 30.4 Å². The fourth-order valence-corrected chi connectivity index (χ4v) is 2.82. The quantitative estimate of drug-likeness (QED) is 0.687. The molecule has 0 radical (unpaired) electrons. The van der Waals surface area contributed by atoms with Crippen LogP contribution in [0.1, 0.15) is 12.5 Å². The first-order valence-corrected chi connectivity index (χ1v) is 5.70. The van der Waals surface area contributed by atoms with E-state index in [2.05, 4.69) is 31.2 Å². The summed E-state index contributed by atoms with van der Waals surface area (Å²) in [5.74, 6) is 2.07. The van der Waals surface area contributed by atoms with Crippen LogP contribution in [0.5, 0.6) is 5.75 Å². The highest BCUT2D eigenvalue weighted by atomic mass is 32.2. The second-order valence-corrected chi connectivity index (χ2v) is 4.99. The molecule has 1 nitrogen and oxygen atoms in total. The number of methoxy groups -OCH3 is 1. The molecule has 2 rings (SSSR count). The average Bonchev–Trinajstić information content (AvgIpc) is 2.66. The molecule has 0 amide bonds. The second kappa shape index (κ2) is 3.70. The lowest BCUT2D eigenvalue weighted by Crippen LogP contribution is -2.12. The molecule has 1 heterocycles. The van der Waals surface area contributed by atoms with E-state index in [-0.39, 0.29) is 4.75 Å². The van der Waals surface area contributed by atoms with Gasteiger partial charge in [0, 0.05) is 11.3 Å². The average molecular weight is 206 g/mol. The molecule has 0 spiro atoms. The minimum Gasteiger partial charge on any atom is -0.496 e. The van der Waals surface area contributed by atoms with Crippen LogP contribution in [0, 0.1) is 0 Å². The zero-order valence-corrected chi connectivity index (χ0v) is 9.30. The van der Waals surface area contributed by atoms with E-state index in [1.165, 1.54) is 5.56 Å². The lowest BCUT2D eigenvalue weighted by Gasteiger charge is -2.23. The molecule has 0 aromatic heterocycles. The number of hydrogen-bond donors (Lipinski definition) is 0. The van der Waals surface area contributed by atoms with Crippen molar-refractivity contribution >= 4 is 11.8 Å². The van der Waals surface area contributed by atoms with Gasteiger partial charge in [0.05, 0.1) is 11.9 Å². The summed E-state index contributed by atoms with van der Waals surface area (Å²) in [6.45, 7) is 2.24. The predicted octanol–water partition coefficient (Wildman–Crippen LogP) is 3.21. The first-order chi connectivity index (χ1) is 6.76. The lowest BCUT2D eigenvalue weighted by molar-refractivity contribution is 0.407. The van der Waals surface area contributed by atoms with E-state index in [9.17, 15) is 0 Å². The molecule has 1 aliphatic rings. The summed E-state index contributed by atoms with van der Waals surface area (Å²) < 4.78 is 5.47. The van der Waals surface area contributed by atoms with Gasteiger partial charge in [0.2, 0.25) is 0 Å². The van der Waals surface area contributed by atoms with Crippen LogP contribution in [0.15, 0.2) is 36.4 Å². The third-order valence-electron chi connectivity index (χ3n) is 2.56. The highest BCUT2D eigenvalue weighted by molar-refractivity contribution is 8.00. The number of thioether (sulfide) groups is 1. The highest BCUT2D eigenvalue weighted by Crippen LogP contribution is 2.45. The normalized spacial score (nSPS) is 25.3. The summed E-state index contributed by atoms with van der Waals surface area (Å²) >= 11 is 1.94. The van der Waals surface area contributed by atoms with Gasteiger partial charge in [-0.05, 0) is 13.0 Å². The van der Waals surface area contributed by atoms with Gasteiger partial charge in [0.1, 0.15) is 5.75 Å². The van der Waals surface area contributed by atoms with Crippen LogP contribution < -0.4 is 4.74 Å². The van der Waals surface area contributed by atoms with Crippen molar-refractivity contribution < 1.29 is 4.74 Å². The number of benzene rings is 1. The summed E-state index contributed by atoms with van der Waals surface area (Å²) in [6.07, 6.45) is 4.48. The Hall–Kier alpha value is -0.890. The van der Waals surface area contributed by atoms with E-state index in [1.54, 1.807) is 7.11 Å². The Balaban J connectivity index is 2.44. The summed E-state index contributed by atoms with van der Waals surface area (Å²) in [5.41, 5.74) is 1.27. The Labute approximate surface area is 89.2 Å². The van der Waals surface area contributed by atoms with E-state index >= 15 is 0 Å². The molecule has 74 valence electrons. The van der Waals surface area contributed by atoms with Crippen LogP contribution in [0.4, 0.5) is 0 Å². The van der Waals surface area contributed by atoms with Gasteiger partial charge in [-0.2, -0.15) is 0 Å². The van der Waals surface area contributed by atoms with Crippen molar-refractivity contribution in [2.24, 2.45) is 0 Å². The lowest BCUT2D eigenvalue weighted by atomic mass is 9.99. The van der Waals surface area contributed by atoms with Crippen molar-refractivity contribution in [2.45, 2.75) is 11.7 Å². The largest absolute Gasteiger partial charge is 0.496 e. The minimum absolute atomic E-state index is 0.0899. The molecule has 2 heteroatoms. The fourth-order valence-electron chi connectivity index (χ4n) is 1.76. The second-order valence-electron chi connectivity index (χ2n) is 3.52. The highest BCUT2D eigenvalue weighted by Gasteiger charge is 2.29. The zero-order chi connectivity index (χ0) is 10.0. The first kappa shape index (κ1) is 9.66. The summed E-state index contributed by atoms with van der Waals surface area (Å²) in [5, 5.41) is 0. The van der Waals surface area contributed by atoms with Crippen molar-refractivity contribution in [1.82, 2.24) is 0 Å². The van der Waals surface area contributed by atoms with Gasteiger partial charge in [-0.3, -0.25) is 0 Å². The van der Waals surface area contributed by atoms with Crippen LogP contribution >= 0.6 is 11.8 Å². The number of hydrogen-bond acceptors (Lipinski definition) is 2. The maximum Gasteiger partial charge on any atom is 0.123 e. The van der Waals surface area contributed by atoms with Crippen LogP contribution in [0.3, 0.4) is 0 Å². The number of para-hydroxylation sites is 1. The van der Waals surface area contributed by atoms with Gasteiger partial charge in [0.25, 0.3) is 0 Å². The summed E-state index contributed by atoms with van der Waals surface area (Å²) in [6, 6.07) is 8.24. The minimum atomic E-state index is 0.0899. The smallest absolute Gasteiger partial charge is 0.123 e. The Kier molecular flexibility index (Phi) is 2.55. The van der Waals surface area contributed by atoms with Gasteiger partial charge in [-0.15, -0.1) is 11.8 Å². The molecule has 0 aliphatic carbocycles. The molecule has 1 aromatic carbocycles. The SMILES string of the molecule is COc1ccccc1[C@]1(C)C=CCS1. The van der Waals surface area contributed by atoms with E-state index in [0.29, 0.717) is 0 Å².